The number of hydrogen-bond acceptors (Lipinski definition) is 7. The van der Waals surface area contributed by atoms with Crippen LogP contribution in [0.25, 0.3) is 0 Å². The van der Waals surface area contributed by atoms with Crippen molar-refractivity contribution in [3.8, 4) is 0 Å². The monoisotopic (exact) mass is 350 g/mol. The molecule has 1 fully saturated rings. The quantitative estimate of drug-likeness (QED) is 0.870. The summed E-state index contributed by atoms with van der Waals surface area (Å²) in [6.45, 7) is 7.78. The Morgan fingerprint density at radius 1 is 1.29 bits per heavy atom. The third-order valence-electron chi connectivity index (χ3n) is 3.10. The smallest absolute Gasteiger partial charge is 0.215 e. The average molecular weight is 351 g/mol. The molecule has 1 aliphatic heterocycles. The first-order chi connectivity index (χ1) is 9.79. The molecule has 9 heteroatoms. The molecule has 2 rings (SSSR count). The number of sulfonamides is 1. The largest absolute Gasteiger partial charge is 0.359 e. The van der Waals surface area contributed by atoms with Crippen LogP contribution in [0.1, 0.15) is 26.6 Å². The van der Waals surface area contributed by atoms with E-state index in [0.29, 0.717) is 24.8 Å². The summed E-state index contributed by atoms with van der Waals surface area (Å²) in [5, 5.41) is 3.75. The summed E-state index contributed by atoms with van der Waals surface area (Å²) in [4.78, 5) is 4.40. The summed E-state index contributed by atoms with van der Waals surface area (Å²) in [6.07, 6.45) is 0. The molecule has 120 valence electrons. The number of nitrogens with one attached hydrogen (secondary N) is 1. The standard InChI is InChI=1S/C12H22N4O2S3/c1-12(2,3)10-14-11(20-15-10)13-4-9-21(17,18)16-5-7-19-8-6-16/h4-9H2,1-3H3,(H,13,14,15). The fraction of sp³-hybridized carbons (Fsp3) is 0.833. The fourth-order valence-corrected chi connectivity index (χ4v) is 5.11. The van der Waals surface area contributed by atoms with Crippen molar-refractivity contribution in [3.05, 3.63) is 5.82 Å². The van der Waals surface area contributed by atoms with Crippen LogP contribution in [0.3, 0.4) is 0 Å². The summed E-state index contributed by atoms with van der Waals surface area (Å²) in [7, 11) is -3.16. The van der Waals surface area contributed by atoms with Crippen LogP contribution < -0.4 is 5.32 Å². The summed E-state index contributed by atoms with van der Waals surface area (Å²) in [5.41, 5.74) is -0.0893. The molecule has 1 aromatic rings. The molecule has 0 saturated carbocycles. The second-order valence-electron chi connectivity index (χ2n) is 5.93. The number of aromatic nitrogens is 2. The Labute approximate surface area is 134 Å². The van der Waals surface area contributed by atoms with Crippen molar-refractivity contribution in [1.82, 2.24) is 13.7 Å². The van der Waals surface area contributed by atoms with E-state index in [2.05, 4.69) is 35.4 Å². The molecule has 0 aromatic carbocycles. The number of hydrogen-bond donors (Lipinski definition) is 1. The van der Waals surface area contributed by atoms with Crippen LogP contribution >= 0.6 is 23.3 Å². The summed E-state index contributed by atoms with van der Waals surface area (Å²) >= 11 is 3.08. The highest BCUT2D eigenvalue weighted by Crippen LogP contribution is 2.22. The number of anilines is 1. The van der Waals surface area contributed by atoms with Crippen molar-refractivity contribution in [3.63, 3.8) is 0 Å². The topological polar surface area (TPSA) is 75.2 Å². The molecule has 21 heavy (non-hydrogen) atoms. The number of rotatable bonds is 5. The lowest BCUT2D eigenvalue weighted by atomic mass is 9.96. The van der Waals surface area contributed by atoms with Gasteiger partial charge in [-0.2, -0.15) is 16.1 Å². The first-order valence-electron chi connectivity index (χ1n) is 6.93. The van der Waals surface area contributed by atoms with Gasteiger partial charge in [-0.1, -0.05) is 20.8 Å². The Balaban J connectivity index is 1.85. The van der Waals surface area contributed by atoms with Crippen molar-refractivity contribution in [2.45, 2.75) is 26.2 Å². The molecule has 6 nitrogen and oxygen atoms in total. The van der Waals surface area contributed by atoms with Crippen LogP contribution in [-0.2, 0) is 15.4 Å². The zero-order valence-corrected chi connectivity index (χ0v) is 15.1. The van der Waals surface area contributed by atoms with Gasteiger partial charge in [-0.25, -0.2) is 17.7 Å². The van der Waals surface area contributed by atoms with Crippen molar-refractivity contribution in [1.29, 1.82) is 0 Å². The van der Waals surface area contributed by atoms with Gasteiger partial charge in [-0.05, 0) is 0 Å². The molecule has 0 unspecified atom stereocenters. The highest BCUT2D eigenvalue weighted by atomic mass is 32.2. The van der Waals surface area contributed by atoms with Crippen molar-refractivity contribution in [2.75, 3.05) is 42.2 Å². The predicted octanol–water partition coefficient (Wildman–Crippen LogP) is 1.63. The van der Waals surface area contributed by atoms with Gasteiger partial charge in [0.2, 0.25) is 15.2 Å². The molecule has 1 aliphatic rings. The first-order valence-corrected chi connectivity index (χ1v) is 10.5. The third kappa shape index (κ3) is 4.80. The Morgan fingerprint density at radius 3 is 2.52 bits per heavy atom. The third-order valence-corrected chi connectivity index (χ3v) is 6.58. The molecular weight excluding hydrogens is 328 g/mol. The highest BCUT2D eigenvalue weighted by Gasteiger charge is 2.24. The maximum Gasteiger partial charge on any atom is 0.215 e. The van der Waals surface area contributed by atoms with Crippen molar-refractivity contribution in [2.24, 2.45) is 0 Å². The van der Waals surface area contributed by atoms with Gasteiger partial charge in [0.15, 0.2) is 0 Å². The van der Waals surface area contributed by atoms with E-state index in [-0.39, 0.29) is 11.2 Å². The van der Waals surface area contributed by atoms with E-state index >= 15 is 0 Å². The van der Waals surface area contributed by atoms with Gasteiger partial charge in [0.25, 0.3) is 0 Å². The Kier molecular flexibility index (Phi) is 5.50. The second-order valence-corrected chi connectivity index (χ2v) is 9.99. The van der Waals surface area contributed by atoms with Crippen molar-refractivity contribution < 1.29 is 8.42 Å². The average Bonchev–Trinajstić information content (AvgIpc) is 2.88. The van der Waals surface area contributed by atoms with Gasteiger partial charge < -0.3 is 5.32 Å². The van der Waals surface area contributed by atoms with E-state index in [1.165, 1.54) is 11.5 Å². The first kappa shape index (κ1) is 17.0. The molecule has 0 atom stereocenters. The SMILES string of the molecule is CC(C)(C)c1nsc(NCCS(=O)(=O)N2CCSCC2)n1. The Hall–Kier alpha value is -0.380. The van der Waals surface area contributed by atoms with Crippen molar-refractivity contribution >= 4 is 38.4 Å². The molecule has 0 spiro atoms. The molecule has 2 heterocycles. The van der Waals surface area contributed by atoms with E-state index in [1.807, 2.05) is 0 Å². The lowest BCUT2D eigenvalue weighted by Crippen LogP contribution is -2.40. The molecule has 1 N–H and O–H groups in total. The maximum absolute atomic E-state index is 12.2. The molecule has 0 amide bonds. The van der Waals surface area contributed by atoms with E-state index in [9.17, 15) is 8.42 Å². The van der Waals surface area contributed by atoms with E-state index in [4.69, 9.17) is 0 Å². The molecule has 0 bridgehead atoms. The number of nitrogens with zero attached hydrogens (tertiary/aromatic N) is 3. The summed E-state index contributed by atoms with van der Waals surface area (Å²) < 4.78 is 30.3. The minimum Gasteiger partial charge on any atom is -0.359 e. The lowest BCUT2D eigenvalue weighted by Gasteiger charge is -2.25. The van der Waals surface area contributed by atoms with Crippen LogP contribution in [0.5, 0.6) is 0 Å². The highest BCUT2D eigenvalue weighted by molar-refractivity contribution is 7.99. The van der Waals surface area contributed by atoms with Gasteiger partial charge >= 0.3 is 0 Å². The molecule has 1 saturated heterocycles. The normalized spacial score (nSPS) is 17.9. The van der Waals surface area contributed by atoms with Gasteiger partial charge in [0, 0.05) is 48.1 Å². The van der Waals surface area contributed by atoms with Crippen LogP contribution in [0.4, 0.5) is 5.13 Å². The van der Waals surface area contributed by atoms with Crippen LogP contribution in [0, 0.1) is 0 Å². The summed E-state index contributed by atoms with van der Waals surface area (Å²) in [6, 6.07) is 0. The molecule has 1 aromatic heterocycles. The van der Waals surface area contributed by atoms with Crippen LogP contribution in [0.15, 0.2) is 0 Å². The van der Waals surface area contributed by atoms with E-state index in [1.54, 1.807) is 16.1 Å². The zero-order chi connectivity index (χ0) is 15.5. The molecule has 0 radical (unpaired) electrons. The zero-order valence-electron chi connectivity index (χ0n) is 12.6. The lowest BCUT2D eigenvalue weighted by molar-refractivity contribution is 0.444. The fourth-order valence-electron chi connectivity index (χ4n) is 1.84. The summed E-state index contributed by atoms with van der Waals surface area (Å²) in [5.74, 6) is 2.66. The second kappa shape index (κ2) is 6.80. The van der Waals surface area contributed by atoms with Gasteiger partial charge in [0.1, 0.15) is 5.82 Å². The van der Waals surface area contributed by atoms with Crippen LogP contribution in [-0.4, -0.2) is 59.0 Å². The van der Waals surface area contributed by atoms with Gasteiger partial charge in [0.05, 0.1) is 5.75 Å². The van der Waals surface area contributed by atoms with Crippen LogP contribution in [0.2, 0.25) is 0 Å². The van der Waals surface area contributed by atoms with Gasteiger partial charge in [-0.15, -0.1) is 0 Å². The molecule has 0 aliphatic carbocycles. The Bertz CT molecular complexity index is 559. The maximum atomic E-state index is 12.2. The minimum absolute atomic E-state index is 0.0893. The predicted molar refractivity (Wildman–Crippen MR) is 89.8 cm³/mol. The van der Waals surface area contributed by atoms with E-state index in [0.717, 1.165) is 17.3 Å². The van der Waals surface area contributed by atoms with E-state index < -0.39 is 10.0 Å². The molecular formula is C12H22N4O2S3. The van der Waals surface area contributed by atoms with Gasteiger partial charge in [-0.3, -0.25) is 0 Å². The Morgan fingerprint density at radius 2 is 1.95 bits per heavy atom. The number of thioether (sulfide) groups is 1. The minimum atomic E-state index is -3.16.